The van der Waals surface area contributed by atoms with Crippen molar-refractivity contribution in [3.05, 3.63) is 53.6 Å². The molecule has 2 aromatic rings. The zero-order valence-electron chi connectivity index (χ0n) is 19.0. The molecule has 0 radical (unpaired) electrons. The lowest BCUT2D eigenvalue weighted by Gasteiger charge is -2.35. The number of imidazole rings is 1. The Morgan fingerprint density at radius 3 is 2.69 bits per heavy atom. The molecule has 2 heterocycles. The van der Waals surface area contributed by atoms with E-state index in [0.717, 1.165) is 24.1 Å². The number of aromatic nitrogens is 2. The Kier molecular flexibility index (Phi) is 7.52. The first-order valence-corrected chi connectivity index (χ1v) is 11.0. The van der Waals surface area contributed by atoms with Crippen molar-refractivity contribution >= 4 is 12.0 Å². The van der Waals surface area contributed by atoms with E-state index in [1.54, 1.807) is 29.6 Å². The fourth-order valence-corrected chi connectivity index (χ4v) is 3.75. The van der Waals surface area contributed by atoms with Crippen LogP contribution in [0.3, 0.4) is 0 Å². The van der Waals surface area contributed by atoms with Crippen molar-refractivity contribution in [3.63, 3.8) is 0 Å². The molecule has 0 saturated carbocycles. The maximum absolute atomic E-state index is 12.8. The van der Waals surface area contributed by atoms with Crippen molar-refractivity contribution in [1.29, 1.82) is 5.26 Å². The number of benzene rings is 1. The molecule has 1 fully saturated rings. The van der Waals surface area contributed by atoms with Crippen molar-refractivity contribution in [2.75, 3.05) is 13.1 Å². The van der Waals surface area contributed by atoms with E-state index in [1.807, 2.05) is 37.5 Å². The monoisotopic (exact) mass is 437 g/mol. The Bertz CT molecular complexity index is 969. The molecule has 32 heavy (non-hydrogen) atoms. The van der Waals surface area contributed by atoms with Gasteiger partial charge in [-0.25, -0.2) is 9.78 Å². The van der Waals surface area contributed by atoms with E-state index in [9.17, 15) is 9.59 Å². The third kappa shape index (κ3) is 6.33. The molecule has 1 saturated heterocycles. The Morgan fingerprint density at radius 1 is 1.25 bits per heavy atom. The number of piperidine rings is 1. The minimum atomic E-state index is -0.594. The van der Waals surface area contributed by atoms with Crippen LogP contribution in [0.4, 0.5) is 4.79 Å². The molecule has 170 valence electrons. The van der Waals surface area contributed by atoms with Crippen LogP contribution in [0.15, 0.2) is 36.8 Å². The molecule has 1 aliphatic heterocycles. The van der Waals surface area contributed by atoms with Gasteiger partial charge in [0, 0.05) is 37.9 Å². The molecule has 0 spiro atoms. The third-order valence-electron chi connectivity index (χ3n) is 5.35. The van der Waals surface area contributed by atoms with Gasteiger partial charge in [0.15, 0.2) is 0 Å². The van der Waals surface area contributed by atoms with Gasteiger partial charge in [0.25, 0.3) is 0 Å². The third-order valence-corrected chi connectivity index (χ3v) is 5.35. The quantitative estimate of drug-likeness (QED) is 0.748. The number of ether oxygens (including phenoxy) is 1. The number of nitriles is 1. The minimum absolute atomic E-state index is 0.145. The van der Waals surface area contributed by atoms with Crippen LogP contribution >= 0.6 is 0 Å². The number of carbonyl (C=O) groups is 2. The maximum Gasteiger partial charge on any atom is 0.410 e. The van der Waals surface area contributed by atoms with Crippen LogP contribution in [0.1, 0.15) is 56.9 Å². The zero-order valence-corrected chi connectivity index (χ0v) is 19.0. The summed E-state index contributed by atoms with van der Waals surface area (Å²) in [6.45, 7) is 7.10. The standard InChI is InChI=1S/C24H31N5O3/c1-24(2,3)32-23(31)29-13-5-4-6-21(29)22(30)27-12-11-20-15-26-17-28(20)16-19-9-7-18(14-25)8-10-19/h7-10,15,17,21H,4-6,11-13,16H2,1-3H3,(H,27,30). The summed E-state index contributed by atoms with van der Waals surface area (Å²) in [5.74, 6) is -0.145. The highest BCUT2D eigenvalue weighted by atomic mass is 16.6. The van der Waals surface area contributed by atoms with E-state index in [4.69, 9.17) is 10.00 Å². The van der Waals surface area contributed by atoms with Gasteiger partial charge in [0.1, 0.15) is 11.6 Å². The van der Waals surface area contributed by atoms with Gasteiger partial charge < -0.3 is 14.6 Å². The summed E-state index contributed by atoms with van der Waals surface area (Å²) in [6, 6.07) is 9.08. The van der Waals surface area contributed by atoms with Gasteiger partial charge in [-0.2, -0.15) is 5.26 Å². The smallest absolute Gasteiger partial charge is 0.410 e. The van der Waals surface area contributed by atoms with E-state index in [0.29, 0.717) is 38.0 Å². The molecule has 1 atom stereocenters. The van der Waals surface area contributed by atoms with Gasteiger partial charge in [0.2, 0.25) is 5.91 Å². The van der Waals surface area contributed by atoms with E-state index in [1.165, 1.54) is 0 Å². The van der Waals surface area contributed by atoms with E-state index < -0.39 is 17.7 Å². The molecule has 1 aromatic heterocycles. The van der Waals surface area contributed by atoms with Gasteiger partial charge >= 0.3 is 6.09 Å². The van der Waals surface area contributed by atoms with Gasteiger partial charge in [-0.15, -0.1) is 0 Å². The molecular formula is C24H31N5O3. The average Bonchev–Trinajstić information content (AvgIpc) is 3.20. The van der Waals surface area contributed by atoms with Crippen LogP contribution in [0.25, 0.3) is 0 Å². The lowest BCUT2D eigenvalue weighted by molar-refractivity contribution is -0.127. The Hall–Kier alpha value is -3.34. The summed E-state index contributed by atoms with van der Waals surface area (Å²) in [5.41, 5.74) is 2.11. The number of hydrogen-bond acceptors (Lipinski definition) is 5. The first-order chi connectivity index (χ1) is 15.3. The summed E-state index contributed by atoms with van der Waals surface area (Å²) in [6.07, 6.45) is 6.18. The SMILES string of the molecule is CC(C)(C)OC(=O)N1CCCCC1C(=O)NCCc1cncn1Cc1ccc(C#N)cc1. The second-order valence-corrected chi connectivity index (χ2v) is 9.05. The van der Waals surface area contributed by atoms with Crippen LogP contribution in [-0.4, -0.2) is 51.2 Å². The summed E-state index contributed by atoms with van der Waals surface area (Å²) >= 11 is 0. The van der Waals surface area contributed by atoms with Gasteiger partial charge in [-0.05, 0) is 57.7 Å². The number of amides is 2. The fraction of sp³-hybridized carbons (Fsp3) is 0.500. The molecular weight excluding hydrogens is 406 g/mol. The first kappa shape index (κ1) is 23.3. The number of nitrogens with one attached hydrogen (secondary N) is 1. The van der Waals surface area contributed by atoms with Crippen LogP contribution in [0, 0.1) is 11.3 Å². The molecule has 0 aliphatic carbocycles. The number of hydrogen-bond donors (Lipinski definition) is 1. The molecule has 1 N–H and O–H groups in total. The zero-order chi connectivity index (χ0) is 23.1. The van der Waals surface area contributed by atoms with E-state index in [2.05, 4.69) is 16.4 Å². The van der Waals surface area contributed by atoms with Crippen molar-refractivity contribution < 1.29 is 14.3 Å². The van der Waals surface area contributed by atoms with Gasteiger partial charge in [0.05, 0.1) is 18.0 Å². The summed E-state index contributed by atoms with van der Waals surface area (Å²) in [5, 5.41) is 11.9. The van der Waals surface area contributed by atoms with Crippen molar-refractivity contribution in [2.45, 2.75) is 64.6 Å². The van der Waals surface area contributed by atoms with E-state index >= 15 is 0 Å². The number of nitrogens with zero attached hydrogens (tertiary/aromatic N) is 4. The number of carbonyl (C=O) groups excluding carboxylic acids is 2. The highest BCUT2D eigenvalue weighted by molar-refractivity contribution is 5.85. The fourth-order valence-electron chi connectivity index (χ4n) is 3.75. The highest BCUT2D eigenvalue weighted by Crippen LogP contribution is 2.20. The predicted molar refractivity (Wildman–Crippen MR) is 120 cm³/mol. The largest absolute Gasteiger partial charge is 0.444 e. The normalized spacial score (nSPS) is 16.3. The Labute approximate surface area is 189 Å². The van der Waals surface area contributed by atoms with Gasteiger partial charge in [-0.3, -0.25) is 9.69 Å². The second-order valence-electron chi connectivity index (χ2n) is 9.05. The lowest BCUT2D eigenvalue weighted by Crippen LogP contribution is -2.53. The molecule has 8 heteroatoms. The molecule has 3 rings (SSSR count). The van der Waals surface area contributed by atoms with Crippen molar-refractivity contribution in [3.8, 4) is 6.07 Å². The Morgan fingerprint density at radius 2 is 2.00 bits per heavy atom. The summed E-state index contributed by atoms with van der Waals surface area (Å²) in [4.78, 5) is 31.2. The lowest BCUT2D eigenvalue weighted by atomic mass is 10.0. The molecule has 0 bridgehead atoms. The molecule has 1 aliphatic rings. The van der Waals surface area contributed by atoms with Crippen LogP contribution in [0.5, 0.6) is 0 Å². The maximum atomic E-state index is 12.8. The summed E-state index contributed by atoms with van der Waals surface area (Å²) < 4.78 is 7.51. The average molecular weight is 438 g/mol. The number of rotatable bonds is 6. The highest BCUT2D eigenvalue weighted by Gasteiger charge is 2.34. The summed E-state index contributed by atoms with van der Waals surface area (Å²) in [7, 11) is 0. The van der Waals surface area contributed by atoms with Crippen LogP contribution in [-0.2, 0) is 22.5 Å². The number of likely N-dealkylation sites (tertiary alicyclic amines) is 1. The second kappa shape index (κ2) is 10.3. The molecule has 1 aromatic carbocycles. The van der Waals surface area contributed by atoms with Gasteiger partial charge in [-0.1, -0.05) is 12.1 Å². The molecule has 8 nitrogen and oxygen atoms in total. The van der Waals surface area contributed by atoms with E-state index in [-0.39, 0.29) is 5.91 Å². The first-order valence-electron chi connectivity index (χ1n) is 11.0. The topological polar surface area (TPSA) is 100 Å². The van der Waals surface area contributed by atoms with Crippen LogP contribution in [0.2, 0.25) is 0 Å². The van der Waals surface area contributed by atoms with Crippen LogP contribution < -0.4 is 5.32 Å². The van der Waals surface area contributed by atoms with Crippen molar-refractivity contribution in [1.82, 2.24) is 19.8 Å². The molecule has 2 amide bonds. The Balaban J connectivity index is 1.54. The predicted octanol–water partition coefficient (Wildman–Crippen LogP) is 3.25. The molecule has 1 unspecified atom stereocenters. The minimum Gasteiger partial charge on any atom is -0.444 e. The van der Waals surface area contributed by atoms with Crippen molar-refractivity contribution in [2.24, 2.45) is 0 Å².